The van der Waals surface area contributed by atoms with Gasteiger partial charge in [-0.25, -0.2) is 4.90 Å². The van der Waals surface area contributed by atoms with Gasteiger partial charge >= 0.3 is 0 Å². The molecule has 0 spiro atoms. The van der Waals surface area contributed by atoms with E-state index >= 15 is 0 Å². The Morgan fingerprint density at radius 3 is 2.09 bits per heavy atom. The summed E-state index contributed by atoms with van der Waals surface area (Å²) >= 11 is 0. The van der Waals surface area contributed by atoms with Crippen molar-refractivity contribution in [3.8, 4) is 0 Å². The van der Waals surface area contributed by atoms with E-state index in [9.17, 15) is 9.59 Å². The minimum atomic E-state index is -0.351. The standard InChI is InChI=1S/C28H29N3O2/c1-6-20-8-12-23(13-9-20)31-27(32)25(24-16-7-18(2)17-19(24)3)26(28(31)33)29-21-10-14-22(15-11-21)30(4)5/h7-17,29H,6H2,1-5H3. The third-order valence-electron chi connectivity index (χ3n) is 5.99. The van der Waals surface area contributed by atoms with Crippen LogP contribution < -0.4 is 15.1 Å². The largest absolute Gasteiger partial charge is 0.378 e. The zero-order valence-corrected chi connectivity index (χ0v) is 19.8. The molecule has 0 saturated heterocycles. The quantitative estimate of drug-likeness (QED) is 0.528. The van der Waals surface area contributed by atoms with Crippen LogP contribution in [0, 0.1) is 13.8 Å². The van der Waals surface area contributed by atoms with Crippen LogP contribution in [-0.2, 0) is 16.0 Å². The van der Waals surface area contributed by atoms with Gasteiger partial charge in [0.25, 0.3) is 11.8 Å². The fourth-order valence-electron chi connectivity index (χ4n) is 4.09. The topological polar surface area (TPSA) is 52.7 Å². The van der Waals surface area contributed by atoms with Gasteiger partial charge in [-0.05, 0) is 73.4 Å². The van der Waals surface area contributed by atoms with Gasteiger partial charge in [-0.2, -0.15) is 0 Å². The number of rotatable bonds is 6. The number of benzene rings is 3. The SMILES string of the molecule is CCc1ccc(N2C(=O)C(Nc3ccc(N(C)C)cc3)=C(c3ccc(C)cc3C)C2=O)cc1. The molecule has 168 valence electrons. The van der Waals surface area contributed by atoms with Crippen molar-refractivity contribution in [2.45, 2.75) is 27.2 Å². The number of amides is 2. The highest BCUT2D eigenvalue weighted by Gasteiger charge is 2.40. The Hall–Kier alpha value is -3.86. The molecule has 1 aliphatic rings. The second-order valence-electron chi connectivity index (χ2n) is 8.60. The summed E-state index contributed by atoms with van der Waals surface area (Å²) in [6.45, 7) is 6.06. The van der Waals surface area contributed by atoms with Crippen LogP contribution in [0.25, 0.3) is 5.57 Å². The number of nitrogens with one attached hydrogen (secondary N) is 1. The summed E-state index contributed by atoms with van der Waals surface area (Å²) < 4.78 is 0. The van der Waals surface area contributed by atoms with E-state index in [4.69, 9.17) is 0 Å². The Kier molecular flexibility index (Phi) is 6.05. The molecule has 5 heteroatoms. The molecule has 0 aliphatic carbocycles. The third-order valence-corrected chi connectivity index (χ3v) is 5.99. The van der Waals surface area contributed by atoms with Crippen molar-refractivity contribution in [1.82, 2.24) is 0 Å². The lowest BCUT2D eigenvalue weighted by Crippen LogP contribution is -2.32. The lowest BCUT2D eigenvalue weighted by molar-refractivity contribution is -0.120. The molecule has 1 heterocycles. The van der Waals surface area contributed by atoms with Crippen LogP contribution in [0.1, 0.15) is 29.2 Å². The van der Waals surface area contributed by atoms with Crippen molar-refractivity contribution in [2.75, 3.05) is 29.2 Å². The molecule has 0 bridgehead atoms. The van der Waals surface area contributed by atoms with Crippen molar-refractivity contribution in [2.24, 2.45) is 0 Å². The van der Waals surface area contributed by atoms with E-state index in [1.54, 1.807) is 0 Å². The predicted octanol–water partition coefficient (Wildman–Crippen LogP) is 5.33. The summed E-state index contributed by atoms with van der Waals surface area (Å²) in [6.07, 6.45) is 0.893. The molecule has 1 N–H and O–H groups in total. The molecule has 0 aromatic heterocycles. The molecule has 1 aliphatic heterocycles. The molecule has 0 atom stereocenters. The number of carbonyl (C=O) groups is 2. The number of aryl methyl sites for hydroxylation is 3. The van der Waals surface area contributed by atoms with Gasteiger partial charge in [-0.15, -0.1) is 0 Å². The van der Waals surface area contributed by atoms with Gasteiger partial charge in [0.05, 0.1) is 11.3 Å². The van der Waals surface area contributed by atoms with E-state index in [1.807, 2.05) is 99.6 Å². The van der Waals surface area contributed by atoms with E-state index < -0.39 is 0 Å². The van der Waals surface area contributed by atoms with Crippen molar-refractivity contribution < 1.29 is 9.59 Å². The molecule has 0 saturated carbocycles. The predicted molar refractivity (Wildman–Crippen MR) is 136 cm³/mol. The molecule has 2 amide bonds. The van der Waals surface area contributed by atoms with Crippen molar-refractivity contribution in [3.05, 3.63) is 94.7 Å². The average Bonchev–Trinajstić information content (AvgIpc) is 3.03. The lowest BCUT2D eigenvalue weighted by Gasteiger charge is -2.16. The molecule has 0 radical (unpaired) electrons. The van der Waals surface area contributed by atoms with Gasteiger partial charge in [-0.3, -0.25) is 9.59 Å². The summed E-state index contributed by atoms with van der Waals surface area (Å²) in [5, 5.41) is 3.25. The second kappa shape index (κ2) is 8.94. The zero-order valence-electron chi connectivity index (χ0n) is 19.8. The number of nitrogens with zero attached hydrogens (tertiary/aromatic N) is 2. The highest BCUT2D eigenvalue weighted by molar-refractivity contribution is 6.46. The number of hydrogen-bond donors (Lipinski definition) is 1. The first-order chi connectivity index (χ1) is 15.8. The Balaban J connectivity index is 1.79. The smallest absolute Gasteiger partial charge is 0.282 e. The van der Waals surface area contributed by atoms with Gasteiger partial charge in [0, 0.05) is 25.5 Å². The van der Waals surface area contributed by atoms with Crippen molar-refractivity contribution >= 4 is 34.4 Å². The summed E-state index contributed by atoms with van der Waals surface area (Å²) in [7, 11) is 3.95. The maximum absolute atomic E-state index is 13.7. The van der Waals surface area contributed by atoms with Crippen LogP contribution in [0.15, 0.2) is 72.4 Å². The van der Waals surface area contributed by atoms with E-state index in [0.29, 0.717) is 17.0 Å². The van der Waals surface area contributed by atoms with Crippen LogP contribution in [0.2, 0.25) is 0 Å². The first-order valence-electron chi connectivity index (χ1n) is 11.1. The monoisotopic (exact) mass is 439 g/mol. The van der Waals surface area contributed by atoms with E-state index in [-0.39, 0.29) is 11.8 Å². The highest BCUT2D eigenvalue weighted by atomic mass is 16.2. The second-order valence-corrected chi connectivity index (χ2v) is 8.60. The van der Waals surface area contributed by atoms with Crippen LogP contribution >= 0.6 is 0 Å². The van der Waals surface area contributed by atoms with Crippen LogP contribution in [0.5, 0.6) is 0 Å². The van der Waals surface area contributed by atoms with Crippen LogP contribution in [0.3, 0.4) is 0 Å². The maximum Gasteiger partial charge on any atom is 0.282 e. The van der Waals surface area contributed by atoms with Gasteiger partial charge in [0.2, 0.25) is 0 Å². The van der Waals surface area contributed by atoms with E-state index in [2.05, 4.69) is 12.2 Å². The Morgan fingerprint density at radius 2 is 1.52 bits per heavy atom. The third kappa shape index (κ3) is 4.27. The van der Waals surface area contributed by atoms with Gasteiger partial charge in [0.15, 0.2) is 0 Å². The minimum absolute atomic E-state index is 0.295. The molecule has 5 nitrogen and oxygen atoms in total. The molecular formula is C28H29N3O2. The fraction of sp³-hybridized carbons (Fsp3) is 0.214. The normalized spacial score (nSPS) is 13.7. The Bertz CT molecular complexity index is 1240. The number of anilines is 3. The van der Waals surface area contributed by atoms with Gasteiger partial charge in [-0.1, -0.05) is 42.8 Å². The summed E-state index contributed by atoms with van der Waals surface area (Å²) in [4.78, 5) is 30.5. The molecule has 3 aromatic rings. The van der Waals surface area contributed by atoms with Gasteiger partial charge in [0.1, 0.15) is 5.70 Å². The molecule has 0 unspecified atom stereocenters. The van der Waals surface area contributed by atoms with E-state index in [0.717, 1.165) is 40.0 Å². The van der Waals surface area contributed by atoms with Crippen molar-refractivity contribution in [1.29, 1.82) is 0 Å². The molecule has 4 rings (SSSR count). The molecule has 33 heavy (non-hydrogen) atoms. The summed E-state index contributed by atoms with van der Waals surface area (Å²) in [5.41, 5.74) is 7.05. The molecule has 3 aromatic carbocycles. The fourth-order valence-corrected chi connectivity index (χ4v) is 4.09. The minimum Gasteiger partial charge on any atom is -0.378 e. The van der Waals surface area contributed by atoms with Crippen molar-refractivity contribution in [3.63, 3.8) is 0 Å². The first kappa shape index (κ1) is 22.3. The maximum atomic E-state index is 13.7. The Morgan fingerprint density at radius 1 is 0.848 bits per heavy atom. The zero-order chi connectivity index (χ0) is 23.7. The molecular weight excluding hydrogens is 410 g/mol. The summed E-state index contributed by atoms with van der Waals surface area (Å²) in [6, 6.07) is 21.3. The van der Waals surface area contributed by atoms with E-state index in [1.165, 1.54) is 4.90 Å². The molecule has 0 fully saturated rings. The lowest BCUT2D eigenvalue weighted by atomic mass is 9.97. The van der Waals surface area contributed by atoms with Gasteiger partial charge < -0.3 is 10.2 Å². The average molecular weight is 440 g/mol. The Labute approximate surface area is 195 Å². The number of imide groups is 1. The van der Waals surface area contributed by atoms with Crippen LogP contribution in [0.4, 0.5) is 17.1 Å². The summed E-state index contributed by atoms with van der Waals surface area (Å²) in [5.74, 6) is -0.667. The highest BCUT2D eigenvalue weighted by Crippen LogP contribution is 2.35. The number of carbonyl (C=O) groups excluding carboxylic acids is 2. The first-order valence-corrected chi connectivity index (χ1v) is 11.1. The number of hydrogen-bond acceptors (Lipinski definition) is 4. The van der Waals surface area contributed by atoms with Crippen LogP contribution in [-0.4, -0.2) is 25.9 Å².